The van der Waals surface area contributed by atoms with Crippen LogP contribution in [-0.2, 0) is 4.79 Å². The van der Waals surface area contributed by atoms with E-state index < -0.39 is 0 Å². The maximum Gasteiger partial charge on any atom is 0.248 e. The Kier molecular flexibility index (Phi) is 5.49. The van der Waals surface area contributed by atoms with Crippen molar-refractivity contribution in [1.29, 1.82) is 0 Å². The number of nitrogens with zero attached hydrogens (tertiary/aromatic N) is 2. The summed E-state index contributed by atoms with van der Waals surface area (Å²) in [6, 6.07) is 3.68. The van der Waals surface area contributed by atoms with Crippen molar-refractivity contribution in [3.05, 3.63) is 34.2 Å². The molecule has 0 saturated carbocycles. The van der Waals surface area contributed by atoms with Crippen molar-refractivity contribution in [1.82, 2.24) is 14.8 Å². The lowest BCUT2D eigenvalue weighted by molar-refractivity contribution is -0.133. The number of likely N-dealkylation sites (tertiary alicyclic amines) is 2. The van der Waals surface area contributed by atoms with Crippen molar-refractivity contribution in [2.45, 2.75) is 44.4 Å². The molecule has 23 heavy (non-hydrogen) atoms. The van der Waals surface area contributed by atoms with Crippen molar-refractivity contribution in [3.63, 3.8) is 0 Å². The highest BCUT2D eigenvalue weighted by atomic mass is 16.2. The number of piperidine rings is 1. The van der Waals surface area contributed by atoms with Crippen LogP contribution in [0, 0.1) is 0 Å². The van der Waals surface area contributed by atoms with Crippen molar-refractivity contribution < 1.29 is 4.79 Å². The Balaban J connectivity index is 1.50. The molecule has 2 aliphatic rings. The number of carbonyl (C=O) groups is 1. The predicted octanol–water partition coefficient (Wildman–Crippen LogP) is 1.96. The van der Waals surface area contributed by atoms with E-state index in [1.807, 2.05) is 11.0 Å². The van der Waals surface area contributed by atoms with Gasteiger partial charge in [-0.2, -0.15) is 0 Å². The van der Waals surface area contributed by atoms with Crippen LogP contribution in [0.4, 0.5) is 0 Å². The van der Waals surface area contributed by atoms with Crippen molar-refractivity contribution in [2.75, 3.05) is 32.7 Å². The Morgan fingerprint density at radius 1 is 1.09 bits per heavy atom. The Bertz CT molecular complexity index is 568. The van der Waals surface area contributed by atoms with Crippen LogP contribution in [0.25, 0.3) is 0 Å². The van der Waals surface area contributed by atoms with Gasteiger partial charge in [0.25, 0.3) is 0 Å². The summed E-state index contributed by atoms with van der Waals surface area (Å²) in [5, 5.41) is 0. The normalized spacial score (nSPS) is 21.1. The Labute approximate surface area is 137 Å². The Hall–Kier alpha value is -1.62. The van der Waals surface area contributed by atoms with E-state index in [9.17, 15) is 9.59 Å². The minimum atomic E-state index is -0.0397. The first-order chi connectivity index (χ1) is 11.2. The van der Waals surface area contributed by atoms with Gasteiger partial charge >= 0.3 is 0 Å². The van der Waals surface area contributed by atoms with E-state index in [1.165, 1.54) is 25.7 Å². The number of aromatic amines is 1. The zero-order valence-corrected chi connectivity index (χ0v) is 13.8. The molecule has 1 aromatic rings. The molecule has 2 fully saturated rings. The lowest BCUT2D eigenvalue weighted by atomic mass is 9.90. The summed E-state index contributed by atoms with van der Waals surface area (Å²) < 4.78 is 0. The van der Waals surface area contributed by atoms with Crippen LogP contribution >= 0.6 is 0 Å². The number of hydrogen-bond acceptors (Lipinski definition) is 3. The van der Waals surface area contributed by atoms with Crippen LogP contribution in [0.2, 0.25) is 0 Å². The summed E-state index contributed by atoms with van der Waals surface area (Å²) in [4.78, 5) is 30.9. The SMILES string of the molecule is O=C(CN1CCCCCC1)N1CCC(c2cc[nH]c(=O)c2)CC1. The molecule has 5 heteroatoms. The molecule has 2 aliphatic heterocycles. The molecule has 0 aliphatic carbocycles. The number of nitrogens with one attached hydrogen (secondary N) is 1. The molecule has 1 amide bonds. The second-order valence-corrected chi connectivity index (χ2v) is 6.83. The summed E-state index contributed by atoms with van der Waals surface area (Å²) >= 11 is 0. The van der Waals surface area contributed by atoms with Gasteiger partial charge in [0.2, 0.25) is 11.5 Å². The van der Waals surface area contributed by atoms with Crippen LogP contribution in [0.15, 0.2) is 23.1 Å². The van der Waals surface area contributed by atoms with Gasteiger partial charge in [0.1, 0.15) is 0 Å². The van der Waals surface area contributed by atoms with Gasteiger partial charge in [-0.3, -0.25) is 14.5 Å². The standard InChI is InChI=1S/C18H27N3O2/c22-17-13-16(5-8-19-17)15-6-11-21(12-7-15)18(23)14-20-9-3-1-2-4-10-20/h5,8,13,15H,1-4,6-7,9-12,14H2,(H,19,22). The summed E-state index contributed by atoms with van der Waals surface area (Å²) in [7, 11) is 0. The van der Waals surface area contributed by atoms with Crippen molar-refractivity contribution in [2.24, 2.45) is 0 Å². The van der Waals surface area contributed by atoms with Crippen molar-refractivity contribution >= 4 is 5.91 Å². The number of hydrogen-bond donors (Lipinski definition) is 1. The largest absolute Gasteiger partial charge is 0.342 e. The van der Waals surface area contributed by atoms with Crippen LogP contribution < -0.4 is 5.56 Å². The first kappa shape index (κ1) is 16.2. The summed E-state index contributed by atoms with van der Waals surface area (Å²) in [6.45, 7) is 4.33. The maximum absolute atomic E-state index is 12.5. The quantitative estimate of drug-likeness (QED) is 0.927. The Morgan fingerprint density at radius 2 is 1.78 bits per heavy atom. The molecule has 3 rings (SSSR count). The molecular formula is C18H27N3O2. The number of H-pyrrole nitrogens is 1. The van der Waals surface area contributed by atoms with Gasteiger partial charge in [-0.15, -0.1) is 0 Å². The number of carbonyl (C=O) groups excluding carboxylic acids is 1. The van der Waals surface area contributed by atoms with Gasteiger partial charge < -0.3 is 9.88 Å². The molecule has 0 radical (unpaired) electrons. The van der Waals surface area contributed by atoms with E-state index in [2.05, 4.69) is 9.88 Å². The molecule has 0 spiro atoms. The maximum atomic E-state index is 12.5. The first-order valence-corrected chi connectivity index (χ1v) is 8.91. The van der Waals surface area contributed by atoms with Gasteiger partial charge in [-0.1, -0.05) is 12.8 Å². The number of rotatable bonds is 3. The first-order valence-electron chi connectivity index (χ1n) is 8.91. The fourth-order valence-corrected chi connectivity index (χ4v) is 3.76. The minimum absolute atomic E-state index is 0.0397. The third-order valence-electron chi connectivity index (χ3n) is 5.18. The third kappa shape index (κ3) is 4.44. The minimum Gasteiger partial charge on any atom is -0.342 e. The molecular weight excluding hydrogens is 290 g/mol. The van der Waals surface area contributed by atoms with Gasteiger partial charge in [-0.25, -0.2) is 0 Å². The molecule has 0 unspecified atom stereocenters. The zero-order valence-electron chi connectivity index (χ0n) is 13.8. The van der Waals surface area contributed by atoms with Gasteiger partial charge in [0.15, 0.2) is 0 Å². The van der Waals surface area contributed by atoms with Crippen LogP contribution in [0.1, 0.15) is 50.0 Å². The average molecular weight is 317 g/mol. The van der Waals surface area contributed by atoms with Crippen LogP contribution in [0.3, 0.4) is 0 Å². The van der Waals surface area contributed by atoms with Gasteiger partial charge in [-0.05, 0) is 56.3 Å². The fraction of sp³-hybridized carbons (Fsp3) is 0.667. The van der Waals surface area contributed by atoms with E-state index >= 15 is 0 Å². The van der Waals surface area contributed by atoms with Crippen LogP contribution in [0.5, 0.6) is 0 Å². The highest BCUT2D eigenvalue weighted by molar-refractivity contribution is 5.78. The lowest BCUT2D eigenvalue weighted by Crippen LogP contribution is -2.44. The molecule has 1 aromatic heterocycles. The average Bonchev–Trinajstić information content (AvgIpc) is 2.84. The molecule has 1 N–H and O–H groups in total. The number of amides is 1. The van der Waals surface area contributed by atoms with Crippen LogP contribution in [-0.4, -0.2) is 53.4 Å². The highest BCUT2D eigenvalue weighted by Gasteiger charge is 2.25. The monoisotopic (exact) mass is 317 g/mol. The van der Waals surface area contributed by atoms with E-state index in [0.29, 0.717) is 12.5 Å². The molecule has 3 heterocycles. The summed E-state index contributed by atoms with van der Waals surface area (Å²) in [5.41, 5.74) is 1.07. The second-order valence-electron chi connectivity index (χ2n) is 6.83. The molecule has 5 nitrogen and oxygen atoms in total. The van der Waals surface area contributed by atoms with Gasteiger partial charge in [0.05, 0.1) is 6.54 Å². The third-order valence-corrected chi connectivity index (χ3v) is 5.18. The fourth-order valence-electron chi connectivity index (χ4n) is 3.76. The van der Waals surface area contributed by atoms with E-state index in [0.717, 1.165) is 44.6 Å². The molecule has 0 bridgehead atoms. The highest BCUT2D eigenvalue weighted by Crippen LogP contribution is 2.27. The lowest BCUT2D eigenvalue weighted by Gasteiger charge is -2.33. The number of aromatic nitrogens is 1. The number of pyridine rings is 1. The van der Waals surface area contributed by atoms with Crippen molar-refractivity contribution in [3.8, 4) is 0 Å². The summed E-state index contributed by atoms with van der Waals surface area (Å²) in [6.07, 6.45) is 8.66. The molecule has 0 atom stereocenters. The predicted molar refractivity (Wildman–Crippen MR) is 90.5 cm³/mol. The molecule has 0 aromatic carbocycles. The topological polar surface area (TPSA) is 56.4 Å². The zero-order chi connectivity index (χ0) is 16.1. The molecule has 2 saturated heterocycles. The van der Waals surface area contributed by atoms with E-state index in [-0.39, 0.29) is 11.5 Å². The van der Waals surface area contributed by atoms with Gasteiger partial charge in [0, 0.05) is 25.4 Å². The van der Waals surface area contributed by atoms with E-state index in [4.69, 9.17) is 0 Å². The Morgan fingerprint density at radius 3 is 2.43 bits per heavy atom. The molecule has 126 valence electrons. The summed E-state index contributed by atoms with van der Waals surface area (Å²) in [5.74, 6) is 0.677. The smallest absolute Gasteiger partial charge is 0.248 e. The second kappa shape index (κ2) is 7.77. The van der Waals surface area contributed by atoms with E-state index in [1.54, 1.807) is 12.3 Å².